The molecule has 0 aromatic heterocycles. The first-order chi connectivity index (χ1) is 8.49. The van der Waals surface area contributed by atoms with Crippen molar-refractivity contribution in [1.82, 2.24) is 5.32 Å². The van der Waals surface area contributed by atoms with E-state index in [1.54, 1.807) is 6.07 Å². The number of aryl methyl sites for hydroxylation is 1. The number of ether oxygens (including phenoxy) is 1. The Bertz CT molecular complexity index is 405. The first-order valence-electron chi connectivity index (χ1n) is 6.14. The smallest absolute Gasteiger partial charge is 0.257 e. The molecule has 0 saturated carbocycles. The summed E-state index contributed by atoms with van der Waals surface area (Å²) in [6.07, 6.45) is 0.969. The molecule has 1 aromatic rings. The fraction of sp³-hybridized carbons (Fsp3) is 0.500. The number of amides is 1. The highest BCUT2D eigenvalue weighted by Gasteiger charge is 2.06. The van der Waals surface area contributed by atoms with E-state index in [0.717, 1.165) is 12.0 Å². The van der Waals surface area contributed by atoms with Gasteiger partial charge in [0, 0.05) is 6.54 Å². The Kier molecular flexibility index (Phi) is 5.99. The third kappa shape index (κ3) is 5.41. The minimum atomic E-state index is -0.117. The van der Waals surface area contributed by atoms with Crippen LogP contribution in [0.2, 0.25) is 5.02 Å². The molecule has 0 fully saturated rings. The second-order valence-corrected chi connectivity index (χ2v) is 5.16. The van der Waals surface area contributed by atoms with Crippen molar-refractivity contribution < 1.29 is 9.53 Å². The van der Waals surface area contributed by atoms with Gasteiger partial charge in [-0.05, 0) is 37.0 Å². The Morgan fingerprint density at radius 3 is 2.83 bits per heavy atom. The first-order valence-corrected chi connectivity index (χ1v) is 6.52. The fourth-order valence-electron chi connectivity index (χ4n) is 1.42. The highest BCUT2D eigenvalue weighted by atomic mass is 35.5. The zero-order valence-electron chi connectivity index (χ0n) is 11.1. The van der Waals surface area contributed by atoms with Gasteiger partial charge in [-0.3, -0.25) is 4.79 Å². The molecule has 0 unspecified atom stereocenters. The van der Waals surface area contributed by atoms with E-state index in [-0.39, 0.29) is 12.5 Å². The SMILES string of the molecule is Cc1ccc(Cl)c(OCC(=O)NCCC(C)C)c1. The number of halogens is 1. The Hall–Kier alpha value is -1.22. The number of nitrogens with one attached hydrogen (secondary N) is 1. The van der Waals surface area contributed by atoms with Gasteiger partial charge in [-0.15, -0.1) is 0 Å². The molecule has 1 aromatic carbocycles. The van der Waals surface area contributed by atoms with E-state index in [2.05, 4.69) is 19.2 Å². The van der Waals surface area contributed by atoms with E-state index in [0.29, 0.717) is 23.2 Å². The van der Waals surface area contributed by atoms with Crippen molar-refractivity contribution in [3.8, 4) is 5.75 Å². The number of hydrogen-bond donors (Lipinski definition) is 1. The van der Waals surface area contributed by atoms with Crippen LogP contribution < -0.4 is 10.1 Å². The van der Waals surface area contributed by atoms with E-state index < -0.39 is 0 Å². The zero-order chi connectivity index (χ0) is 13.5. The monoisotopic (exact) mass is 269 g/mol. The molecule has 3 nitrogen and oxygen atoms in total. The van der Waals surface area contributed by atoms with Crippen molar-refractivity contribution >= 4 is 17.5 Å². The number of hydrogen-bond acceptors (Lipinski definition) is 2. The van der Waals surface area contributed by atoms with E-state index >= 15 is 0 Å². The molecular weight excluding hydrogens is 250 g/mol. The van der Waals surface area contributed by atoms with Gasteiger partial charge in [0.05, 0.1) is 5.02 Å². The minimum absolute atomic E-state index is 0.00126. The summed E-state index contributed by atoms with van der Waals surface area (Å²) in [6, 6.07) is 5.49. The van der Waals surface area contributed by atoms with Crippen molar-refractivity contribution in [1.29, 1.82) is 0 Å². The molecule has 0 heterocycles. The van der Waals surface area contributed by atoms with Gasteiger partial charge in [0.25, 0.3) is 5.91 Å². The molecule has 1 amide bonds. The molecule has 0 saturated heterocycles. The Morgan fingerprint density at radius 1 is 1.44 bits per heavy atom. The molecule has 100 valence electrons. The van der Waals surface area contributed by atoms with Gasteiger partial charge < -0.3 is 10.1 Å². The van der Waals surface area contributed by atoms with Gasteiger partial charge >= 0.3 is 0 Å². The maximum atomic E-state index is 11.5. The van der Waals surface area contributed by atoms with Crippen LogP contribution in [-0.2, 0) is 4.79 Å². The number of benzene rings is 1. The van der Waals surface area contributed by atoms with Crippen LogP contribution in [0, 0.1) is 12.8 Å². The van der Waals surface area contributed by atoms with E-state index in [1.165, 1.54) is 0 Å². The standard InChI is InChI=1S/C14H20ClNO2/c1-10(2)6-7-16-14(17)9-18-13-8-11(3)4-5-12(13)15/h4-5,8,10H,6-7,9H2,1-3H3,(H,16,17). The molecular formula is C14H20ClNO2. The molecule has 0 aliphatic rings. The summed E-state index contributed by atoms with van der Waals surface area (Å²) in [6.45, 7) is 6.87. The summed E-state index contributed by atoms with van der Waals surface area (Å²) in [5, 5.41) is 3.33. The van der Waals surface area contributed by atoms with Crippen molar-refractivity contribution in [2.75, 3.05) is 13.2 Å². The highest BCUT2D eigenvalue weighted by molar-refractivity contribution is 6.32. The maximum absolute atomic E-state index is 11.5. The minimum Gasteiger partial charge on any atom is -0.482 e. The van der Waals surface area contributed by atoms with Crippen LogP contribution in [-0.4, -0.2) is 19.1 Å². The summed E-state index contributed by atoms with van der Waals surface area (Å²) in [7, 11) is 0. The zero-order valence-corrected chi connectivity index (χ0v) is 11.9. The van der Waals surface area contributed by atoms with Gasteiger partial charge in [-0.25, -0.2) is 0 Å². The van der Waals surface area contributed by atoms with Crippen molar-refractivity contribution in [3.63, 3.8) is 0 Å². The third-order valence-corrected chi connectivity index (χ3v) is 2.80. The molecule has 0 atom stereocenters. The maximum Gasteiger partial charge on any atom is 0.257 e. The largest absolute Gasteiger partial charge is 0.482 e. The summed E-state index contributed by atoms with van der Waals surface area (Å²) < 4.78 is 5.39. The second-order valence-electron chi connectivity index (χ2n) is 4.76. The van der Waals surface area contributed by atoms with E-state index in [4.69, 9.17) is 16.3 Å². The van der Waals surface area contributed by atoms with Crippen LogP contribution in [0.15, 0.2) is 18.2 Å². The van der Waals surface area contributed by atoms with E-state index in [9.17, 15) is 4.79 Å². The van der Waals surface area contributed by atoms with Crippen LogP contribution >= 0.6 is 11.6 Å². The molecule has 1 rings (SSSR count). The second kappa shape index (κ2) is 7.27. The third-order valence-electron chi connectivity index (χ3n) is 2.49. The van der Waals surface area contributed by atoms with Gasteiger partial charge in [0.15, 0.2) is 6.61 Å². The topological polar surface area (TPSA) is 38.3 Å². The molecule has 18 heavy (non-hydrogen) atoms. The number of carbonyl (C=O) groups excluding carboxylic acids is 1. The van der Waals surface area contributed by atoms with Gasteiger partial charge in [-0.1, -0.05) is 31.5 Å². The van der Waals surface area contributed by atoms with Gasteiger partial charge in [0.2, 0.25) is 0 Å². The van der Waals surface area contributed by atoms with Crippen LogP contribution in [0.3, 0.4) is 0 Å². The quantitative estimate of drug-likeness (QED) is 0.861. The molecule has 0 bridgehead atoms. The number of rotatable bonds is 6. The van der Waals surface area contributed by atoms with Crippen molar-refractivity contribution in [3.05, 3.63) is 28.8 Å². The average molecular weight is 270 g/mol. The molecule has 4 heteroatoms. The van der Waals surface area contributed by atoms with Crippen LogP contribution in [0.25, 0.3) is 0 Å². The lowest BCUT2D eigenvalue weighted by molar-refractivity contribution is -0.123. The van der Waals surface area contributed by atoms with Gasteiger partial charge in [-0.2, -0.15) is 0 Å². The van der Waals surface area contributed by atoms with Crippen molar-refractivity contribution in [2.24, 2.45) is 5.92 Å². The van der Waals surface area contributed by atoms with Crippen LogP contribution in [0.1, 0.15) is 25.8 Å². The summed E-state index contributed by atoms with van der Waals surface area (Å²) in [4.78, 5) is 11.5. The fourth-order valence-corrected chi connectivity index (χ4v) is 1.59. The average Bonchev–Trinajstić information content (AvgIpc) is 2.30. The normalized spacial score (nSPS) is 10.5. The molecule has 0 spiro atoms. The summed E-state index contributed by atoms with van der Waals surface area (Å²) in [5.41, 5.74) is 1.05. The first kappa shape index (κ1) is 14.8. The molecule has 1 N–H and O–H groups in total. The molecule has 0 aliphatic carbocycles. The van der Waals surface area contributed by atoms with Crippen molar-refractivity contribution in [2.45, 2.75) is 27.2 Å². The number of carbonyl (C=O) groups is 1. The Labute approximate surface area is 113 Å². The van der Waals surface area contributed by atoms with Crippen LogP contribution in [0.5, 0.6) is 5.75 Å². The Balaban J connectivity index is 2.36. The lowest BCUT2D eigenvalue weighted by atomic mass is 10.1. The predicted molar refractivity (Wildman–Crippen MR) is 74.1 cm³/mol. The van der Waals surface area contributed by atoms with Crippen LogP contribution in [0.4, 0.5) is 0 Å². The van der Waals surface area contributed by atoms with Gasteiger partial charge in [0.1, 0.15) is 5.75 Å². The summed E-state index contributed by atoms with van der Waals surface area (Å²) in [5.74, 6) is 1.02. The molecule has 0 aliphatic heterocycles. The summed E-state index contributed by atoms with van der Waals surface area (Å²) >= 11 is 5.97. The van der Waals surface area contributed by atoms with E-state index in [1.807, 2.05) is 19.1 Å². The lowest BCUT2D eigenvalue weighted by Crippen LogP contribution is -2.30. The highest BCUT2D eigenvalue weighted by Crippen LogP contribution is 2.24. The predicted octanol–water partition coefficient (Wildman–Crippen LogP) is 3.19. The Morgan fingerprint density at radius 2 is 2.17 bits per heavy atom. The molecule has 0 radical (unpaired) electrons. The lowest BCUT2D eigenvalue weighted by Gasteiger charge is -2.10.